The first kappa shape index (κ1) is 35.1. The highest BCUT2D eigenvalue weighted by Gasteiger charge is 2.70. The number of aliphatic hydroxyl groups is 1. The predicted octanol–water partition coefficient (Wildman–Crippen LogP) is 7.36. The van der Waals surface area contributed by atoms with Gasteiger partial charge in [0.05, 0.1) is 19.3 Å². The monoisotopic (exact) mass is 636 g/mol. The molecule has 2 fully saturated rings. The van der Waals surface area contributed by atoms with Crippen molar-refractivity contribution in [3.8, 4) is 5.75 Å². The highest BCUT2D eigenvalue weighted by Crippen LogP contribution is 2.54. The fourth-order valence-corrected chi connectivity index (χ4v) is 6.19. The lowest BCUT2D eigenvalue weighted by Gasteiger charge is -2.52. The van der Waals surface area contributed by atoms with Gasteiger partial charge in [-0.3, -0.25) is 0 Å². The maximum absolute atomic E-state index is 14.7. The first-order valence-corrected chi connectivity index (χ1v) is 16.7. The standard InChI is InChI=1S/C35H50ClFO7/c1-6-10-17-40-31-32(41-18-11-7-2)34(24(5)38)23-43-35(44-34,33(31)42-19-12-8-3)27-14-15-28(36)26(22-27)20-25-13-16-30(39-9-4)29(37)21-25/h13-16,21-22,24,31-33,38H,6-12,17-20,23H2,1-5H3/t24?,31-,32-,33+,34+,35-/m0/s1. The van der Waals surface area contributed by atoms with Crippen LogP contribution in [0, 0.1) is 5.82 Å². The van der Waals surface area contributed by atoms with Crippen LogP contribution in [0.5, 0.6) is 5.75 Å². The average Bonchev–Trinajstić information content (AvgIpc) is 3.38. The van der Waals surface area contributed by atoms with Crippen molar-refractivity contribution >= 4 is 11.6 Å². The lowest BCUT2D eigenvalue weighted by atomic mass is 9.80. The minimum atomic E-state index is -1.38. The number of unbranched alkanes of at least 4 members (excludes halogenated alkanes) is 3. The van der Waals surface area contributed by atoms with Gasteiger partial charge in [0.2, 0.25) is 5.79 Å². The summed E-state index contributed by atoms with van der Waals surface area (Å²) in [6, 6.07) is 10.6. The van der Waals surface area contributed by atoms with Crippen LogP contribution in [0.2, 0.25) is 5.02 Å². The van der Waals surface area contributed by atoms with Gasteiger partial charge < -0.3 is 33.5 Å². The van der Waals surface area contributed by atoms with Crippen molar-refractivity contribution in [2.24, 2.45) is 0 Å². The zero-order chi connectivity index (χ0) is 31.7. The second kappa shape index (κ2) is 16.2. The van der Waals surface area contributed by atoms with E-state index >= 15 is 0 Å². The van der Waals surface area contributed by atoms with Crippen LogP contribution < -0.4 is 4.74 Å². The maximum atomic E-state index is 14.7. The van der Waals surface area contributed by atoms with Crippen molar-refractivity contribution in [2.75, 3.05) is 33.0 Å². The molecule has 9 heteroatoms. The highest BCUT2D eigenvalue weighted by atomic mass is 35.5. The zero-order valence-corrected chi connectivity index (χ0v) is 27.7. The van der Waals surface area contributed by atoms with Gasteiger partial charge in [0.15, 0.2) is 11.6 Å². The Morgan fingerprint density at radius 1 is 0.932 bits per heavy atom. The van der Waals surface area contributed by atoms with Crippen LogP contribution in [-0.4, -0.2) is 68.2 Å². The van der Waals surface area contributed by atoms with E-state index in [2.05, 4.69) is 20.8 Å². The Kier molecular flexibility index (Phi) is 12.9. The van der Waals surface area contributed by atoms with E-state index in [1.807, 2.05) is 25.1 Å². The molecule has 0 amide bonds. The molecular formula is C35H50ClFO7. The Bertz CT molecular complexity index is 1200. The van der Waals surface area contributed by atoms with Crippen molar-refractivity contribution in [3.63, 3.8) is 0 Å². The van der Waals surface area contributed by atoms with Crippen LogP contribution in [0.4, 0.5) is 4.39 Å². The fraction of sp³-hybridized carbons (Fsp3) is 0.657. The Labute approximate surface area is 267 Å². The summed E-state index contributed by atoms with van der Waals surface area (Å²) in [6.45, 7) is 11.9. The van der Waals surface area contributed by atoms with Crippen molar-refractivity contribution in [2.45, 2.75) is 115 Å². The van der Waals surface area contributed by atoms with Gasteiger partial charge in [0.1, 0.15) is 23.9 Å². The molecule has 2 aliphatic rings. The van der Waals surface area contributed by atoms with Crippen LogP contribution in [0.25, 0.3) is 0 Å². The van der Waals surface area contributed by atoms with E-state index in [1.165, 1.54) is 6.07 Å². The zero-order valence-electron chi connectivity index (χ0n) is 26.9. The summed E-state index contributed by atoms with van der Waals surface area (Å²) in [5.74, 6) is -1.58. The van der Waals surface area contributed by atoms with Crippen LogP contribution >= 0.6 is 11.6 Å². The van der Waals surface area contributed by atoms with Gasteiger partial charge in [-0.05, 0) is 74.9 Å². The largest absolute Gasteiger partial charge is 0.491 e. The van der Waals surface area contributed by atoms with E-state index in [4.69, 9.17) is 40.0 Å². The van der Waals surface area contributed by atoms with Crippen molar-refractivity contribution in [1.29, 1.82) is 0 Å². The third-order valence-electron chi connectivity index (χ3n) is 8.55. The third kappa shape index (κ3) is 7.43. The van der Waals surface area contributed by atoms with E-state index < -0.39 is 41.6 Å². The van der Waals surface area contributed by atoms with E-state index in [-0.39, 0.29) is 12.4 Å². The lowest BCUT2D eigenvalue weighted by molar-refractivity contribution is -0.355. The minimum absolute atomic E-state index is 0.102. The van der Waals surface area contributed by atoms with Crippen LogP contribution in [0.1, 0.15) is 89.8 Å². The molecule has 2 aromatic rings. The topological polar surface area (TPSA) is 75.6 Å². The smallest absolute Gasteiger partial charge is 0.225 e. The van der Waals surface area contributed by atoms with Gasteiger partial charge in [-0.1, -0.05) is 63.8 Å². The number of fused-ring (bicyclic) bond motifs is 2. The van der Waals surface area contributed by atoms with Gasteiger partial charge in [-0.15, -0.1) is 0 Å². The molecule has 0 saturated carbocycles. The number of hydrogen-bond donors (Lipinski definition) is 1. The molecule has 0 aromatic heterocycles. The third-order valence-corrected chi connectivity index (χ3v) is 8.92. The maximum Gasteiger partial charge on any atom is 0.225 e. The molecule has 1 unspecified atom stereocenters. The number of benzene rings is 2. The molecule has 6 atom stereocenters. The average molecular weight is 637 g/mol. The lowest BCUT2D eigenvalue weighted by Crippen LogP contribution is -2.69. The number of ether oxygens (including phenoxy) is 6. The summed E-state index contributed by atoms with van der Waals surface area (Å²) >= 11 is 6.71. The number of halogens is 2. The summed E-state index contributed by atoms with van der Waals surface area (Å²) in [6.07, 6.45) is 3.13. The molecule has 2 saturated heterocycles. The van der Waals surface area contributed by atoms with Crippen LogP contribution in [-0.2, 0) is 35.9 Å². The molecule has 2 bridgehead atoms. The SMILES string of the molecule is CCCCO[C@@H]1[C@@H](OCCCC)[C@@]2(c3ccc(Cl)c(Cc4ccc(OCC)c(F)c4)c3)OC[C@](C(C)O)(O2)[C@H]1OCCCC. The first-order chi connectivity index (χ1) is 21.3. The second-order valence-electron chi connectivity index (χ2n) is 11.8. The Hall–Kier alpha value is -1.78. The normalized spacial score (nSPS) is 27.0. The number of rotatable bonds is 18. The molecule has 2 heterocycles. The second-order valence-corrected chi connectivity index (χ2v) is 12.3. The molecule has 0 radical (unpaired) electrons. The van der Waals surface area contributed by atoms with E-state index in [9.17, 15) is 9.50 Å². The van der Waals surface area contributed by atoms with Crippen LogP contribution in [0.15, 0.2) is 36.4 Å². The summed E-state index contributed by atoms with van der Waals surface area (Å²) < 4.78 is 53.4. The van der Waals surface area contributed by atoms with E-state index in [0.717, 1.165) is 49.7 Å². The molecule has 4 rings (SSSR count). The fourth-order valence-electron chi connectivity index (χ4n) is 6.01. The summed E-state index contributed by atoms with van der Waals surface area (Å²) in [7, 11) is 0. The molecular weight excluding hydrogens is 587 g/mol. The summed E-state index contributed by atoms with van der Waals surface area (Å²) in [5, 5.41) is 11.8. The van der Waals surface area contributed by atoms with Gasteiger partial charge in [-0.25, -0.2) is 4.39 Å². The summed E-state index contributed by atoms with van der Waals surface area (Å²) in [5.41, 5.74) is 1.05. The minimum Gasteiger partial charge on any atom is -0.491 e. The Morgan fingerprint density at radius 3 is 2.20 bits per heavy atom. The van der Waals surface area contributed by atoms with Gasteiger partial charge in [0, 0.05) is 30.4 Å². The van der Waals surface area contributed by atoms with Gasteiger partial charge in [0.25, 0.3) is 0 Å². The molecule has 246 valence electrons. The number of hydrogen-bond acceptors (Lipinski definition) is 7. The Morgan fingerprint density at radius 2 is 1.59 bits per heavy atom. The quantitative estimate of drug-likeness (QED) is 0.171. The molecule has 0 aliphatic carbocycles. The molecule has 2 aliphatic heterocycles. The van der Waals surface area contributed by atoms with E-state index in [0.29, 0.717) is 43.4 Å². The van der Waals surface area contributed by atoms with Crippen molar-refractivity contribution < 1.29 is 37.9 Å². The first-order valence-electron chi connectivity index (χ1n) is 16.3. The highest BCUT2D eigenvalue weighted by molar-refractivity contribution is 6.31. The van der Waals surface area contributed by atoms with E-state index in [1.54, 1.807) is 19.1 Å². The molecule has 7 nitrogen and oxygen atoms in total. The van der Waals surface area contributed by atoms with Gasteiger partial charge in [-0.2, -0.15) is 0 Å². The molecule has 44 heavy (non-hydrogen) atoms. The molecule has 0 spiro atoms. The number of aliphatic hydroxyl groups excluding tert-OH is 1. The van der Waals surface area contributed by atoms with Gasteiger partial charge >= 0.3 is 0 Å². The Balaban J connectivity index is 1.77. The predicted molar refractivity (Wildman–Crippen MR) is 169 cm³/mol. The molecule has 1 N–H and O–H groups in total. The van der Waals surface area contributed by atoms with Crippen LogP contribution in [0.3, 0.4) is 0 Å². The summed E-state index contributed by atoms with van der Waals surface area (Å²) in [4.78, 5) is 0. The van der Waals surface area contributed by atoms with Crippen molar-refractivity contribution in [1.82, 2.24) is 0 Å². The molecule has 2 aromatic carbocycles. The van der Waals surface area contributed by atoms with Crippen molar-refractivity contribution in [3.05, 3.63) is 63.9 Å².